The van der Waals surface area contributed by atoms with E-state index in [0.29, 0.717) is 12.0 Å². The molecular weight excluding hydrogens is 359 g/mol. The van der Waals surface area contributed by atoms with Gasteiger partial charge in [0.25, 0.3) is 0 Å². The van der Waals surface area contributed by atoms with Gasteiger partial charge in [0.05, 0.1) is 0 Å². The first-order chi connectivity index (χ1) is 13.2. The van der Waals surface area contributed by atoms with Crippen LogP contribution in [0.3, 0.4) is 0 Å². The number of aliphatic imine (C=N–C) groups is 1. The molecule has 1 aliphatic rings. The zero-order valence-electron chi connectivity index (χ0n) is 17.4. The maximum atomic E-state index is 13.0. The molecule has 1 aromatic carbocycles. The van der Waals surface area contributed by atoms with Crippen molar-refractivity contribution in [3.8, 4) is 0 Å². The van der Waals surface area contributed by atoms with Crippen LogP contribution in [0, 0.1) is 5.82 Å². The number of hydrogen-bond acceptors (Lipinski definition) is 4. The Morgan fingerprint density at radius 2 is 1.89 bits per heavy atom. The van der Waals surface area contributed by atoms with Crippen molar-refractivity contribution in [1.82, 2.24) is 15.5 Å². The van der Waals surface area contributed by atoms with E-state index in [1.165, 1.54) is 12.1 Å². The molecule has 0 spiro atoms. The molecule has 1 aromatic rings. The van der Waals surface area contributed by atoms with Crippen LogP contribution in [0.15, 0.2) is 29.3 Å². The lowest BCUT2D eigenvalue weighted by Crippen LogP contribution is -2.48. The summed E-state index contributed by atoms with van der Waals surface area (Å²) in [4.78, 5) is 18.6. The molecule has 0 bridgehead atoms. The van der Waals surface area contributed by atoms with Gasteiger partial charge in [-0.25, -0.2) is 9.38 Å². The summed E-state index contributed by atoms with van der Waals surface area (Å²) in [7, 11) is 0. The molecule has 0 unspecified atom stereocenters. The number of halogens is 1. The lowest BCUT2D eigenvalue weighted by molar-refractivity contribution is -0.152. The van der Waals surface area contributed by atoms with Crippen LogP contribution >= 0.6 is 0 Å². The van der Waals surface area contributed by atoms with Crippen molar-refractivity contribution in [2.75, 3.05) is 26.2 Å². The van der Waals surface area contributed by atoms with Gasteiger partial charge in [0, 0.05) is 32.2 Å². The van der Waals surface area contributed by atoms with Crippen LogP contribution in [0.2, 0.25) is 0 Å². The average Bonchev–Trinajstić information content (AvgIpc) is 2.62. The van der Waals surface area contributed by atoms with Gasteiger partial charge in [0.2, 0.25) is 0 Å². The van der Waals surface area contributed by atoms with Gasteiger partial charge in [0.15, 0.2) is 5.96 Å². The van der Waals surface area contributed by atoms with Crippen LogP contribution in [0.4, 0.5) is 4.39 Å². The number of ether oxygens (including phenoxy) is 1. The molecule has 156 valence electrons. The van der Waals surface area contributed by atoms with Crippen molar-refractivity contribution in [2.45, 2.75) is 58.7 Å². The van der Waals surface area contributed by atoms with Gasteiger partial charge in [-0.3, -0.25) is 9.69 Å². The fourth-order valence-electron chi connectivity index (χ4n) is 3.11. The molecular formula is C21H33FN4O2. The summed E-state index contributed by atoms with van der Waals surface area (Å²) in [6.07, 6.45) is 1.97. The van der Waals surface area contributed by atoms with Crippen LogP contribution in [0.1, 0.15) is 46.1 Å². The second-order valence-corrected chi connectivity index (χ2v) is 8.10. The highest BCUT2D eigenvalue weighted by Gasteiger charge is 2.21. The summed E-state index contributed by atoms with van der Waals surface area (Å²) in [6.45, 7) is 11.0. The number of benzene rings is 1. The molecule has 1 fully saturated rings. The number of guanidine groups is 1. The molecule has 0 atom stereocenters. The number of carbonyl (C=O) groups excluding carboxylic acids is 1. The largest absolute Gasteiger partial charge is 0.459 e. The van der Waals surface area contributed by atoms with Gasteiger partial charge < -0.3 is 15.4 Å². The summed E-state index contributed by atoms with van der Waals surface area (Å²) >= 11 is 0. The minimum atomic E-state index is -0.504. The summed E-state index contributed by atoms with van der Waals surface area (Å²) in [6, 6.07) is 7.00. The van der Waals surface area contributed by atoms with Crippen molar-refractivity contribution >= 4 is 11.9 Å². The molecule has 0 radical (unpaired) electrons. The second-order valence-electron chi connectivity index (χ2n) is 8.10. The van der Waals surface area contributed by atoms with Gasteiger partial charge in [0.1, 0.15) is 18.0 Å². The smallest absolute Gasteiger partial charge is 0.328 e. The number of nitrogens with one attached hydrogen (secondary N) is 2. The number of piperidine rings is 1. The topological polar surface area (TPSA) is 66.0 Å². The standard InChI is InChI=1S/C21H33FN4O2/c1-5-23-20(24-14-19(27)28-21(2,3)4)25-18-10-12-26(13-11-18)15-16-6-8-17(22)9-7-16/h6-9,18H,5,10-15H2,1-4H3,(H2,23,24,25). The second kappa shape index (κ2) is 10.4. The zero-order valence-corrected chi connectivity index (χ0v) is 17.4. The molecule has 2 N–H and O–H groups in total. The van der Waals surface area contributed by atoms with Crippen molar-refractivity contribution in [3.05, 3.63) is 35.6 Å². The van der Waals surface area contributed by atoms with Gasteiger partial charge in [-0.2, -0.15) is 0 Å². The quantitative estimate of drug-likeness (QED) is 0.443. The van der Waals surface area contributed by atoms with Crippen LogP contribution in [-0.4, -0.2) is 54.7 Å². The minimum absolute atomic E-state index is 0.00395. The fraction of sp³-hybridized carbons (Fsp3) is 0.619. The van der Waals surface area contributed by atoms with Crippen LogP contribution in [-0.2, 0) is 16.1 Å². The summed E-state index contributed by atoms with van der Waals surface area (Å²) in [5, 5.41) is 6.61. The van der Waals surface area contributed by atoms with Crippen LogP contribution < -0.4 is 10.6 Å². The van der Waals surface area contributed by atoms with E-state index in [9.17, 15) is 9.18 Å². The van der Waals surface area contributed by atoms with E-state index < -0.39 is 5.60 Å². The maximum Gasteiger partial charge on any atom is 0.328 e. The maximum absolute atomic E-state index is 13.0. The monoisotopic (exact) mass is 392 g/mol. The SMILES string of the molecule is CCNC(=NCC(=O)OC(C)(C)C)NC1CCN(Cc2ccc(F)cc2)CC1. The molecule has 0 saturated carbocycles. The van der Waals surface area contributed by atoms with E-state index in [1.54, 1.807) is 0 Å². The lowest BCUT2D eigenvalue weighted by Gasteiger charge is -2.33. The summed E-state index contributed by atoms with van der Waals surface area (Å²) < 4.78 is 18.3. The molecule has 1 saturated heterocycles. The zero-order chi connectivity index (χ0) is 20.6. The van der Waals surface area contributed by atoms with E-state index in [1.807, 2.05) is 39.8 Å². The van der Waals surface area contributed by atoms with Gasteiger partial charge in [-0.05, 0) is 58.2 Å². The first kappa shape index (κ1) is 22.1. The predicted molar refractivity (Wildman–Crippen MR) is 110 cm³/mol. The minimum Gasteiger partial charge on any atom is -0.459 e. The third-order valence-electron chi connectivity index (χ3n) is 4.38. The van der Waals surface area contributed by atoms with E-state index in [-0.39, 0.29) is 18.3 Å². The Kier molecular flexibility index (Phi) is 8.23. The molecule has 7 heteroatoms. The van der Waals surface area contributed by atoms with Gasteiger partial charge >= 0.3 is 5.97 Å². The Morgan fingerprint density at radius 3 is 2.46 bits per heavy atom. The van der Waals surface area contributed by atoms with E-state index in [4.69, 9.17) is 4.74 Å². The van der Waals surface area contributed by atoms with E-state index in [2.05, 4.69) is 20.5 Å². The van der Waals surface area contributed by atoms with E-state index in [0.717, 1.165) is 44.6 Å². The fourth-order valence-corrected chi connectivity index (χ4v) is 3.11. The number of carbonyl (C=O) groups is 1. The normalized spacial score (nSPS) is 16.7. The lowest BCUT2D eigenvalue weighted by atomic mass is 10.0. The number of rotatable bonds is 6. The van der Waals surface area contributed by atoms with Crippen molar-refractivity contribution in [1.29, 1.82) is 0 Å². The number of esters is 1. The predicted octanol–water partition coefficient (Wildman–Crippen LogP) is 2.69. The van der Waals surface area contributed by atoms with Gasteiger partial charge in [-0.15, -0.1) is 0 Å². The molecule has 1 aliphatic heterocycles. The average molecular weight is 393 g/mol. The Balaban J connectivity index is 1.80. The summed E-state index contributed by atoms with van der Waals surface area (Å²) in [5.74, 6) is 0.109. The molecule has 0 aliphatic carbocycles. The summed E-state index contributed by atoms with van der Waals surface area (Å²) in [5.41, 5.74) is 0.621. The first-order valence-corrected chi connectivity index (χ1v) is 9.98. The number of nitrogens with zero attached hydrogens (tertiary/aromatic N) is 2. The van der Waals surface area contributed by atoms with Crippen LogP contribution in [0.25, 0.3) is 0 Å². The third-order valence-corrected chi connectivity index (χ3v) is 4.38. The van der Waals surface area contributed by atoms with Crippen molar-refractivity contribution in [2.24, 2.45) is 4.99 Å². The highest BCUT2D eigenvalue weighted by molar-refractivity contribution is 5.83. The third kappa shape index (κ3) is 8.25. The molecule has 28 heavy (non-hydrogen) atoms. The number of likely N-dealkylation sites (tertiary alicyclic amines) is 1. The van der Waals surface area contributed by atoms with Crippen molar-refractivity contribution in [3.63, 3.8) is 0 Å². The van der Waals surface area contributed by atoms with Crippen molar-refractivity contribution < 1.29 is 13.9 Å². The molecule has 0 aromatic heterocycles. The molecule has 2 rings (SSSR count). The number of hydrogen-bond donors (Lipinski definition) is 2. The molecule has 6 nitrogen and oxygen atoms in total. The molecule has 0 amide bonds. The Morgan fingerprint density at radius 1 is 1.25 bits per heavy atom. The first-order valence-electron chi connectivity index (χ1n) is 9.98. The Hall–Kier alpha value is -2.15. The Labute approximate surface area is 167 Å². The van der Waals surface area contributed by atoms with E-state index >= 15 is 0 Å². The van der Waals surface area contributed by atoms with Crippen LogP contribution in [0.5, 0.6) is 0 Å². The molecule has 1 heterocycles. The highest BCUT2D eigenvalue weighted by atomic mass is 19.1. The van der Waals surface area contributed by atoms with Gasteiger partial charge in [-0.1, -0.05) is 12.1 Å². The highest BCUT2D eigenvalue weighted by Crippen LogP contribution is 2.14. The Bertz CT molecular complexity index is 647.